The zero-order valence-electron chi connectivity index (χ0n) is 15.6. The Bertz CT molecular complexity index is 832. The molecule has 5 heterocycles. The second-order valence-corrected chi connectivity index (χ2v) is 7.89. The molecular weight excluding hydrogens is 338 g/mol. The Hall–Kier alpha value is -2.40. The molecule has 1 aromatic heterocycles. The van der Waals surface area contributed by atoms with Crippen molar-refractivity contribution in [1.29, 1.82) is 0 Å². The van der Waals surface area contributed by atoms with Crippen LogP contribution in [0.5, 0.6) is 0 Å². The average Bonchev–Trinajstić information content (AvgIpc) is 3.17. The van der Waals surface area contributed by atoms with Gasteiger partial charge in [-0.25, -0.2) is 9.78 Å². The Morgan fingerprint density at radius 1 is 1.07 bits per heavy atom. The number of aromatic nitrogens is 1. The minimum atomic E-state index is -0.306. The Morgan fingerprint density at radius 2 is 1.85 bits per heavy atom. The molecule has 0 spiro atoms. The largest absolute Gasteiger partial charge is 0.465 e. The van der Waals surface area contributed by atoms with E-state index >= 15 is 0 Å². The van der Waals surface area contributed by atoms with Gasteiger partial charge in [0.1, 0.15) is 11.4 Å². The first-order valence-corrected chi connectivity index (χ1v) is 9.87. The number of esters is 1. The molecule has 1 aromatic carbocycles. The van der Waals surface area contributed by atoms with Crippen LogP contribution in [0.25, 0.3) is 0 Å². The third kappa shape index (κ3) is 2.64. The van der Waals surface area contributed by atoms with Gasteiger partial charge in [-0.2, -0.15) is 0 Å². The SMILES string of the molecule is COC(=O)c1cccnc1N1C[C@H](c2ccccc2)[C@H]2[C@@H]1C1CCN2CC1. The van der Waals surface area contributed by atoms with Gasteiger partial charge in [0.2, 0.25) is 0 Å². The Balaban J connectivity index is 1.59. The summed E-state index contributed by atoms with van der Waals surface area (Å²) in [5.41, 5.74) is 1.96. The van der Waals surface area contributed by atoms with Crippen molar-refractivity contribution in [3.05, 3.63) is 59.8 Å². The van der Waals surface area contributed by atoms with E-state index < -0.39 is 0 Å². The van der Waals surface area contributed by atoms with E-state index in [0.717, 1.165) is 12.4 Å². The van der Waals surface area contributed by atoms with Gasteiger partial charge in [-0.3, -0.25) is 4.90 Å². The maximum absolute atomic E-state index is 12.4. The number of rotatable bonds is 3. The number of methoxy groups -OCH3 is 1. The first-order chi connectivity index (χ1) is 13.3. The van der Waals surface area contributed by atoms with Gasteiger partial charge in [0.25, 0.3) is 0 Å². The minimum absolute atomic E-state index is 0.306. The lowest BCUT2D eigenvalue weighted by Gasteiger charge is -2.51. The highest BCUT2D eigenvalue weighted by molar-refractivity contribution is 5.94. The van der Waals surface area contributed by atoms with Crippen molar-refractivity contribution in [2.45, 2.75) is 30.8 Å². The highest BCUT2D eigenvalue weighted by Crippen LogP contribution is 2.48. The first-order valence-electron chi connectivity index (χ1n) is 9.87. The van der Waals surface area contributed by atoms with E-state index in [4.69, 9.17) is 4.74 Å². The van der Waals surface area contributed by atoms with Crippen LogP contribution in [0.1, 0.15) is 34.7 Å². The second kappa shape index (κ2) is 6.64. The van der Waals surface area contributed by atoms with E-state index in [1.54, 1.807) is 6.20 Å². The van der Waals surface area contributed by atoms with Crippen LogP contribution >= 0.6 is 0 Å². The van der Waals surface area contributed by atoms with Crippen LogP contribution in [-0.4, -0.2) is 54.7 Å². The number of fused-ring (bicyclic) bond motifs is 2. The lowest BCUT2D eigenvalue weighted by atomic mass is 9.75. The van der Waals surface area contributed by atoms with Crippen LogP contribution in [-0.2, 0) is 4.74 Å². The van der Waals surface area contributed by atoms with Gasteiger partial charge in [-0.05, 0) is 49.5 Å². The zero-order chi connectivity index (χ0) is 18.4. The lowest BCUT2D eigenvalue weighted by Crippen LogP contribution is -2.60. The molecule has 2 bridgehead atoms. The van der Waals surface area contributed by atoms with E-state index in [-0.39, 0.29) is 5.97 Å². The van der Waals surface area contributed by atoms with Crippen molar-refractivity contribution in [3.8, 4) is 0 Å². The molecule has 0 amide bonds. The van der Waals surface area contributed by atoms with Gasteiger partial charge >= 0.3 is 5.97 Å². The first kappa shape index (κ1) is 16.8. The van der Waals surface area contributed by atoms with E-state index in [0.29, 0.717) is 29.5 Å². The molecule has 0 saturated carbocycles. The molecule has 3 atom stereocenters. The van der Waals surface area contributed by atoms with E-state index in [2.05, 4.69) is 45.1 Å². The molecule has 2 aromatic rings. The summed E-state index contributed by atoms with van der Waals surface area (Å²) in [5.74, 6) is 1.58. The van der Waals surface area contributed by atoms with Crippen molar-refractivity contribution in [1.82, 2.24) is 9.88 Å². The maximum Gasteiger partial charge on any atom is 0.341 e. The van der Waals surface area contributed by atoms with Crippen LogP contribution < -0.4 is 4.90 Å². The number of anilines is 1. The summed E-state index contributed by atoms with van der Waals surface area (Å²) >= 11 is 0. The number of nitrogens with zero attached hydrogens (tertiary/aromatic N) is 3. The number of hydrogen-bond donors (Lipinski definition) is 0. The van der Waals surface area contributed by atoms with Crippen LogP contribution in [0.3, 0.4) is 0 Å². The Kier molecular flexibility index (Phi) is 4.12. The average molecular weight is 363 g/mol. The van der Waals surface area contributed by atoms with E-state index in [9.17, 15) is 4.79 Å². The molecule has 140 valence electrons. The van der Waals surface area contributed by atoms with Gasteiger partial charge < -0.3 is 9.64 Å². The second-order valence-electron chi connectivity index (χ2n) is 7.89. The third-order valence-corrected chi connectivity index (χ3v) is 6.69. The molecular formula is C22H25N3O2. The van der Waals surface area contributed by atoms with E-state index in [1.165, 1.54) is 38.6 Å². The van der Waals surface area contributed by atoms with Gasteiger partial charge in [-0.15, -0.1) is 0 Å². The molecule has 0 radical (unpaired) electrons. The summed E-state index contributed by atoms with van der Waals surface area (Å²) in [4.78, 5) is 22.1. The fourth-order valence-corrected chi connectivity index (χ4v) is 5.55. The fraction of sp³-hybridized carbons (Fsp3) is 0.455. The van der Waals surface area contributed by atoms with Crippen molar-refractivity contribution < 1.29 is 9.53 Å². The number of hydrogen-bond acceptors (Lipinski definition) is 5. The van der Waals surface area contributed by atoms with Gasteiger partial charge in [0.15, 0.2) is 0 Å². The summed E-state index contributed by atoms with van der Waals surface area (Å²) in [7, 11) is 1.44. The summed E-state index contributed by atoms with van der Waals surface area (Å²) in [6, 6.07) is 15.4. The highest BCUT2D eigenvalue weighted by Gasteiger charge is 2.54. The monoisotopic (exact) mass is 363 g/mol. The predicted octanol–water partition coefficient (Wildman–Crippen LogP) is 2.93. The number of benzene rings is 1. The maximum atomic E-state index is 12.4. The van der Waals surface area contributed by atoms with E-state index in [1.807, 2.05) is 12.1 Å². The van der Waals surface area contributed by atoms with Crippen molar-refractivity contribution in [3.63, 3.8) is 0 Å². The lowest BCUT2D eigenvalue weighted by molar-refractivity contribution is 0.0353. The molecule has 27 heavy (non-hydrogen) atoms. The molecule has 4 fully saturated rings. The fourth-order valence-electron chi connectivity index (χ4n) is 5.55. The summed E-state index contributed by atoms with van der Waals surface area (Å²) in [6.45, 7) is 3.28. The van der Waals surface area contributed by atoms with Crippen LogP contribution in [0.2, 0.25) is 0 Å². The molecule has 0 aliphatic carbocycles. The quantitative estimate of drug-likeness (QED) is 0.785. The van der Waals surface area contributed by atoms with Crippen LogP contribution in [0.4, 0.5) is 5.82 Å². The highest BCUT2D eigenvalue weighted by atomic mass is 16.5. The van der Waals surface area contributed by atoms with Gasteiger partial charge in [0.05, 0.1) is 7.11 Å². The third-order valence-electron chi connectivity index (χ3n) is 6.69. The predicted molar refractivity (Wildman–Crippen MR) is 104 cm³/mol. The Labute approximate surface area is 159 Å². The van der Waals surface area contributed by atoms with Crippen LogP contribution in [0.15, 0.2) is 48.7 Å². The summed E-state index contributed by atoms with van der Waals surface area (Å²) in [6.07, 6.45) is 4.26. The van der Waals surface area contributed by atoms with Crippen molar-refractivity contribution in [2.24, 2.45) is 5.92 Å². The van der Waals surface area contributed by atoms with Crippen molar-refractivity contribution in [2.75, 3.05) is 31.6 Å². The van der Waals surface area contributed by atoms with Crippen LogP contribution in [0, 0.1) is 5.92 Å². The number of pyridine rings is 1. The minimum Gasteiger partial charge on any atom is -0.465 e. The summed E-state index contributed by atoms with van der Waals surface area (Å²) in [5, 5.41) is 0. The molecule has 4 saturated heterocycles. The summed E-state index contributed by atoms with van der Waals surface area (Å²) < 4.78 is 5.03. The van der Waals surface area contributed by atoms with Crippen molar-refractivity contribution >= 4 is 11.8 Å². The molecule has 5 heteroatoms. The Morgan fingerprint density at radius 3 is 2.59 bits per heavy atom. The standard InChI is InChI=1S/C22H25N3O2/c1-27-22(26)17-8-5-11-23-21(17)25-14-18(15-6-3-2-4-7-15)20-19(25)16-9-12-24(20)13-10-16/h2-8,11,16,18-20H,9-10,12-14H2,1H3/t18-,19+,20+/m1/s1. The molecule has 4 aliphatic heterocycles. The number of ether oxygens (including phenoxy) is 1. The molecule has 0 unspecified atom stereocenters. The normalized spacial score (nSPS) is 31.6. The number of piperidine rings is 3. The van der Waals surface area contributed by atoms with Gasteiger partial charge in [-0.1, -0.05) is 30.3 Å². The molecule has 5 nitrogen and oxygen atoms in total. The van der Waals surface area contributed by atoms with Gasteiger partial charge in [0, 0.05) is 30.7 Å². The molecule has 6 rings (SSSR count). The smallest absolute Gasteiger partial charge is 0.341 e. The molecule has 4 aliphatic rings. The topological polar surface area (TPSA) is 45.7 Å². The zero-order valence-corrected chi connectivity index (χ0v) is 15.6. The molecule has 0 N–H and O–H groups in total. The number of carbonyl (C=O) groups is 1. The number of carbonyl (C=O) groups excluding carboxylic acids is 1.